The van der Waals surface area contributed by atoms with E-state index in [2.05, 4.69) is 0 Å². The second-order valence-corrected chi connectivity index (χ2v) is 6.82. The molecule has 2 amide bonds. The van der Waals surface area contributed by atoms with E-state index in [1.165, 1.54) is 0 Å². The van der Waals surface area contributed by atoms with Gasteiger partial charge in [-0.1, -0.05) is 39.5 Å². The molecular weight excluding hydrogens is 296 g/mol. The Balaban J connectivity index is 3.86. The number of amides is 2. The normalized spacial score (nSPS) is 12.7. The molecule has 0 aliphatic rings. The van der Waals surface area contributed by atoms with E-state index in [9.17, 15) is 19.2 Å². The number of hydrogen-bond donors (Lipinski definition) is 2. The van der Waals surface area contributed by atoms with Gasteiger partial charge in [0.25, 0.3) is 0 Å². The topological polar surface area (TPSA) is 120 Å². The summed E-state index contributed by atoms with van der Waals surface area (Å²) in [5.74, 6) is -2.12. The highest BCUT2D eigenvalue weighted by atomic mass is 16.2. The molecule has 0 saturated heterocycles. The van der Waals surface area contributed by atoms with E-state index in [4.69, 9.17) is 11.5 Å². The smallest absolute Gasteiger partial charge is 0.227 e. The Kier molecular flexibility index (Phi) is 9.37. The number of Topliss-reactive ketones (excluding diaryl/α,β-unsaturated/α-hetero) is 2. The van der Waals surface area contributed by atoms with Crippen molar-refractivity contribution in [3.63, 3.8) is 0 Å². The Labute approximate surface area is 138 Å². The fraction of sp³-hybridized carbons (Fsp3) is 0.765. The highest BCUT2D eigenvalue weighted by Gasteiger charge is 2.33. The highest BCUT2D eigenvalue weighted by molar-refractivity contribution is 6.02. The van der Waals surface area contributed by atoms with Crippen LogP contribution in [0.3, 0.4) is 0 Å². The van der Waals surface area contributed by atoms with Gasteiger partial charge in [0.1, 0.15) is 5.78 Å². The molecule has 1 unspecified atom stereocenters. The molecule has 0 saturated carbocycles. The van der Waals surface area contributed by atoms with Gasteiger partial charge >= 0.3 is 0 Å². The van der Waals surface area contributed by atoms with Crippen LogP contribution in [0.2, 0.25) is 0 Å². The monoisotopic (exact) mass is 326 g/mol. The van der Waals surface area contributed by atoms with Crippen molar-refractivity contribution in [2.75, 3.05) is 0 Å². The maximum atomic E-state index is 12.2. The molecule has 132 valence electrons. The van der Waals surface area contributed by atoms with Gasteiger partial charge in [-0.3, -0.25) is 19.2 Å². The van der Waals surface area contributed by atoms with Gasteiger partial charge in [-0.2, -0.15) is 0 Å². The molecule has 4 N–H and O–H groups in total. The van der Waals surface area contributed by atoms with Crippen LogP contribution in [-0.2, 0) is 19.2 Å². The summed E-state index contributed by atoms with van der Waals surface area (Å²) in [5, 5.41) is 0. The number of carbonyl (C=O) groups is 4. The zero-order chi connectivity index (χ0) is 18.0. The van der Waals surface area contributed by atoms with Gasteiger partial charge in [0.05, 0.1) is 12.3 Å². The molecule has 0 radical (unpaired) electrons. The Morgan fingerprint density at radius 2 is 1.43 bits per heavy atom. The maximum absolute atomic E-state index is 12.2. The molecule has 0 aliphatic carbocycles. The molecule has 0 aromatic heterocycles. The molecule has 0 spiro atoms. The van der Waals surface area contributed by atoms with Crippen molar-refractivity contribution in [2.24, 2.45) is 22.8 Å². The first-order chi connectivity index (χ1) is 10.6. The van der Waals surface area contributed by atoms with Crippen LogP contribution in [0.1, 0.15) is 72.1 Å². The first kappa shape index (κ1) is 21.3. The lowest BCUT2D eigenvalue weighted by molar-refractivity contribution is -0.137. The molecule has 0 aromatic carbocycles. The zero-order valence-corrected chi connectivity index (χ0v) is 14.5. The lowest BCUT2D eigenvalue weighted by Crippen LogP contribution is -2.37. The first-order valence-corrected chi connectivity index (χ1v) is 8.21. The number of ketones is 2. The van der Waals surface area contributed by atoms with E-state index < -0.39 is 23.1 Å². The van der Waals surface area contributed by atoms with Crippen LogP contribution in [-0.4, -0.2) is 23.4 Å². The van der Waals surface area contributed by atoms with Crippen LogP contribution in [0.15, 0.2) is 0 Å². The highest BCUT2D eigenvalue weighted by Crippen LogP contribution is 2.28. The number of primary amides is 2. The fourth-order valence-electron chi connectivity index (χ4n) is 2.54. The second-order valence-electron chi connectivity index (χ2n) is 6.82. The molecule has 0 bridgehead atoms. The Hall–Kier alpha value is -1.72. The lowest BCUT2D eigenvalue weighted by atomic mass is 9.77. The first-order valence-electron chi connectivity index (χ1n) is 8.21. The van der Waals surface area contributed by atoms with Gasteiger partial charge in [0.15, 0.2) is 5.78 Å². The summed E-state index contributed by atoms with van der Waals surface area (Å²) in [7, 11) is 0. The largest absolute Gasteiger partial charge is 0.369 e. The minimum absolute atomic E-state index is 0.107. The van der Waals surface area contributed by atoms with Crippen LogP contribution in [0.5, 0.6) is 0 Å². The quantitative estimate of drug-likeness (QED) is 0.396. The van der Waals surface area contributed by atoms with Crippen molar-refractivity contribution in [3.05, 3.63) is 0 Å². The number of hydrogen-bond acceptors (Lipinski definition) is 4. The van der Waals surface area contributed by atoms with Crippen LogP contribution < -0.4 is 11.5 Å². The molecule has 0 heterocycles. The predicted molar refractivity (Wildman–Crippen MR) is 88.3 cm³/mol. The van der Waals surface area contributed by atoms with Gasteiger partial charge in [0.2, 0.25) is 11.8 Å². The number of nitrogens with two attached hydrogens (primary N) is 2. The molecular formula is C17H30N2O4. The summed E-state index contributed by atoms with van der Waals surface area (Å²) in [6.07, 6.45) is 5.43. The van der Waals surface area contributed by atoms with Crippen molar-refractivity contribution in [3.8, 4) is 0 Å². The summed E-state index contributed by atoms with van der Waals surface area (Å²) in [4.78, 5) is 45.1. The van der Waals surface area contributed by atoms with Gasteiger partial charge < -0.3 is 11.5 Å². The van der Waals surface area contributed by atoms with Crippen molar-refractivity contribution in [1.82, 2.24) is 0 Å². The van der Waals surface area contributed by atoms with Gasteiger partial charge in [-0.05, 0) is 19.8 Å². The zero-order valence-electron chi connectivity index (χ0n) is 14.5. The Morgan fingerprint density at radius 3 is 1.96 bits per heavy atom. The summed E-state index contributed by atoms with van der Waals surface area (Å²) < 4.78 is 0. The van der Waals surface area contributed by atoms with E-state index in [0.717, 1.165) is 32.1 Å². The van der Waals surface area contributed by atoms with E-state index in [-0.39, 0.29) is 18.0 Å². The molecule has 23 heavy (non-hydrogen) atoms. The standard InChI is InChI=1S/C17H30N2O4/c1-12(16(19)23)15(22)17(2,3)10-8-6-4-5-7-9-13(20)11-14(18)21/h12H,4-11H2,1-3H3,(H2,18,21)(H2,19,23). The van der Waals surface area contributed by atoms with Crippen LogP contribution in [0, 0.1) is 11.3 Å². The molecule has 1 atom stereocenters. The third-order valence-electron chi connectivity index (χ3n) is 4.12. The average molecular weight is 326 g/mol. The SMILES string of the molecule is CC(C(N)=O)C(=O)C(C)(C)CCCCCCCC(=O)CC(N)=O. The fourth-order valence-corrected chi connectivity index (χ4v) is 2.54. The van der Waals surface area contributed by atoms with Gasteiger partial charge in [-0.25, -0.2) is 0 Å². The molecule has 0 aliphatic heterocycles. The molecule has 0 fully saturated rings. The third kappa shape index (κ3) is 9.11. The Morgan fingerprint density at radius 1 is 0.913 bits per heavy atom. The lowest BCUT2D eigenvalue weighted by Gasteiger charge is -2.25. The van der Waals surface area contributed by atoms with E-state index in [1.807, 2.05) is 13.8 Å². The summed E-state index contributed by atoms with van der Waals surface area (Å²) in [6, 6.07) is 0. The van der Waals surface area contributed by atoms with Crippen LogP contribution >= 0.6 is 0 Å². The minimum atomic E-state index is -0.749. The summed E-state index contributed by atoms with van der Waals surface area (Å²) in [6.45, 7) is 5.24. The molecule has 0 rings (SSSR count). The minimum Gasteiger partial charge on any atom is -0.369 e. The predicted octanol–water partition coefficient (Wildman–Crippen LogP) is 1.88. The maximum Gasteiger partial charge on any atom is 0.227 e. The van der Waals surface area contributed by atoms with Crippen molar-refractivity contribution in [1.29, 1.82) is 0 Å². The molecule has 6 heteroatoms. The number of rotatable bonds is 13. The number of unbranched alkanes of at least 4 members (excludes halogenated alkanes) is 4. The Bertz CT molecular complexity index is 444. The van der Waals surface area contributed by atoms with Gasteiger partial charge in [-0.15, -0.1) is 0 Å². The van der Waals surface area contributed by atoms with E-state index >= 15 is 0 Å². The van der Waals surface area contributed by atoms with Crippen molar-refractivity contribution in [2.45, 2.75) is 72.1 Å². The van der Waals surface area contributed by atoms with Crippen molar-refractivity contribution < 1.29 is 19.2 Å². The van der Waals surface area contributed by atoms with Crippen molar-refractivity contribution >= 4 is 23.4 Å². The number of carbonyl (C=O) groups excluding carboxylic acids is 4. The van der Waals surface area contributed by atoms with E-state index in [0.29, 0.717) is 12.8 Å². The van der Waals surface area contributed by atoms with Crippen LogP contribution in [0.25, 0.3) is 0 Å². The average Bonchev–Trinajstić information content (AvgIpc) is 2.43. The summed E-state index contributed by atoms with van der Waals surface area (Å²) >= 11 is 0. The molecule has 6 nitrogen and oxygen atoms in total. The van der Waals surface area contributed by atoms with Gasteiger partial charge in [0, 0.05) is 11.8 Å². The summed E-state index contributed by atoms with van der Waals surface area (Å²) in [5.41, 5.74) is 9.58. The third-order valence-corrected chi connectivity index (χ3v) is 4.12. The van der Waals surface area contributed by atoms with E-state index in [1.54, 1.807) is 6.92 Å². The second kappa shape index (κ2) is 10.1. The van der Waals surface area contributed by atoms with Crippen LogP contribution in [0.4, 0.5) is 0 Å². The molecule has 0 aromatic rings.